The number of carbonyl (C=O) groups is 1. The van der Waals surface area contributed by atoms with Crippen molar-refractivity contribution in [2.45, 2.75) is 31.7 Å². The van der Waals surface area contributed by atoms with Gasteiger partial charge in [0.25, 0.3) is 0 Å². The van der Waals surface area contributed by atoms with Gasteiger partial charge in [0, 0.05) is 31.8 Å². The molecule has 0 aliphatic carbocycles. The molecule has 0 N–H and O–H groups in total. The number of hydrogen-bond acceptors (Lipinski definition) is 4. The zero-order valence-electron chi connectivity index (χ0n) is 14.5. The number of nitrogens with zero attached hydrogens (tertiary/aromatic N) is 3. The molecule has 2 aromatic carbocycles. The first-order valence-electron chi connectivity index (χ1n) is 8.96. The van der Waals surface area contributed by atoms with E-state index in [0.717, 1.165) is 12.0 Å². The van der Waals surface area contributed by atoms with Crippen LogP contribution >= 0.6 is 0 Å². The van der Waals surface area contributed by atoms with E-state index >= 15 is 0 Å². The van der Waals surface area contributed by atoms with Gasteiger partial charge in [0.2, 0.25) is 11.8 Å². The zero-order valence-corrected chi connectivity index (χ0v) is 14.5. The average Bonchev–Trinajstić information content (AvgIpc) is 3.29. The van der Waals surface area contributed by atoms with Crippen LogP contribution in [-0.4, -0.2) is 27.5 Å². The standard InChI is InChI=1S/C21H21N3O2/c25-20-13-18(15-24(20)14-17-9-5-2-6-10-17)21-22-19(26-23-21)12-11-16-7-3-1-4-8-16/h1-10,18H,11-15H2/t18-/m0/s1. The van der Waals surface area contributed by atoms with Gasteiger partial charge in [-0.15, -0.1) is 0 Å². The normalized spacial score (nSPS) is 17.0. The van der Waals surface area contributed by atoms with Crippen molar-refractivity contribution >= 4 is 5.91 Å². The predicted octanol–water partition coefficient (Wildman–Crippen LogP) is 3.37. The maximum Gasteiger partial charge on any atom is 0.226 e. The summed E-state index contributed by atoms with van der Waals surface area (Å²) in [4.78, 5) is 18.7. The van der Waals surface area contributed by atoms with Crippen molar-refractivity contribution in [1.82, 2.24) is 15.0 Å². The molecule has 3 aromatic rings. The lowest BCUT2D eigenvalue weighted by Crippen LogP contribution is -2.24. The molecule has 1 fully saturated rings. The summed E-state index contributed by atoms with van der Waals surface area (Å²) in [6.07, 6.45) is 2.03. The molecule has 1 atom stereocenters. The highest BCUT2D eigenvalue weighted by atomic mass is 16.5. The van der Waals surface area contributed by atoms with Crippen molar-refractivity contribution in [3.05, 3.63) is 83.5 Å². The van der Waals surface area contributed by atoms with Crippen molar-refractivity contribution in [3.63, 3.8) is 0 Å². The molecule has 5 nitrogen and oxygen atoms in total. The summed E-state index contributed by atoms with van der Waals surface area (Å²) in [5.74, 6) is 1.45. The molecule has 1 aliphatic rings. The fourth-order valence-electron chi connectivity index (χ4n) is 3.33. The summed E-state index contributed by atoms with van der Waals surface area (Å²) in [6, 6.07) is 20.3. The SMILES string of the molecule is O=C1C[C@H](c2noc(CCc3ccccc3)n2)CN1Cc1ccccc1. The predicted molar refractivity (Wildman–Crippen MR) is 97.4 cm³/mol. The van der Waals surface area contributed by atoms with Gasteiger partial charge in [-0.25, -0.2) is 0 Å². The van der Waals surface area contributed by atoms with E-state index in [1.54, 1.807) is 0 Å². The lowest BCUT2D eigenvalue weighted by molar-refractivity contribution is -0.128. The summed E-state index contributed by atoms with van der Waals surface area (Å²) in [7, 11) is 0. The van der Waals surface area contributed by atoms with Gasteiger partial charge < -0.3 is 9.42 Å². The summed E-state index contributed by atoms with van der Waals surface area (Å²) in [5, 5.41) is 4.12. The molecule has 1 aromatic heterocycles. The maximum atomic E-state index is 12.3. The lowest BCUT2D eigenvalue weighted by atomic mass is 10.1. The van der Waals surface area contributed by atoms with E-state index in [-0.39, 0.29) is 11.8 Å². The molecular weight excluding hydrogens is 326 g/mol. The fraction of sp³-hybridized carbons (Fsp3) is 0.286. The molecule has 0 unspecified atom stereocenters. The highest BCUT2D eigenvalue weighted by Crippen LogP contribution is 2.27. The average molecular weight is 347 g/mol. The number of carbonyl (C=O) groups excluding carboxylic acids is 1. The Balaban J connectivity index is 1.36. The summed E-state index contributed by atoms with van der Waals surface area (Å²) in [5.41, 5.74) is 2.38. The van der Waals surface area contributed by atoms with Crippen LogP contribution in [0.1, 0.15) is 35.2 Å². The molecule has 0 saturated carbocycles. The first-order valence-corrected chi connectivity index (χ1v) is 8.96. The molecule has 0 bridgehead atoms. The fourth-order valence-corrected chi connectivity index (χ4v) is 3.33. The van der Waals surface area contributed by atoms with E-state index in [0.29, 0.717) is 37.6 Å². The quantitative estimate of drug-likeness (QED) is 0.686. The minimum Gasteiger partial charge on any atom is -0.339 e. The Morgan fingerprint density at radius 3 is 2.38 bits per heavy atom. The Morgan fingerprint density at radius 2 is 1.65 bits per heavy atom. The van der Waals surface area contributed by atoms with Gasteiger partial charge in [-0.1, -0.05) is 65.8 Å². The molecule has 1 aliphatic heterocycles. The van der Waals surface area contributed by atoms with Crippen molar-refractivity contribution in [1.29, 1.82) is 0 Å². The second-order valence-electron chi connectivity index (χ2n) is 6.69. The lowest BCUT2D eigenvalue weighted by Gasteiger charge is -2.15. The van der Waals surface area contributed by atoms with Crippen LogP contribution in [0.4, 0.5) is 0 Å². The van der Waals surface area contributed by atoms with E-state index in [1.165, 1.54) is 5.56 Å². The van der Waals surface area contributed by atoms with Crippen LogP contribution in [0.5, 0.6) is 0 Å². The monoisotopic (exact) mass is 347 g/mol. The summed E-state index contributed by atoms with van der Waals surface area (Å²) < 4.78 is 5.40. The van der Waals surface area contributed by atoms with Crippen molar-refractivity contribution < 1.29 is 9.32 Å². The molecule has 5 heteroatoms. The number of amides is 1. The minimum atomic E-state index is 0.0143. The van der Waals surface area contributed by atoms with Gasteiger partial charge in [0.15, 0.2) is 5.82 Å². The largest absolute Gasteiger partial charge is 0.339 e. The Labute approximate surface area is 152 Å². The van der Waals surface area contributed by atoms with Gasteiger partial charge in [0.1, 0.15) is 0 Å². The van der Waals surface area contributed by atoms with Gasteiger partial charge in [-0.05, 0) is 17.5 Å². The van der Waals surface area contributed by atoms with Crippen LogP contribution in [0.3, 0.4) is 0 Å². The third kappa shape index (κ3) is 3.82. The van der Waals surface area contributed by atoms with E-state index in [2.05, 4.69) is 22.3 Å². The smallest absolute Gasteiger partial charge is 0.226 e. The first-order chi connectivity index (χ1) is 12.8. The van der Waals surface area contributed by atoms with Gasteiger partial charge in [0.05, 0.1) is 0 Å². The van der Waals surface area contributed by atoms with Crippen LogP contribution in [-0.2, 0) is 24.2 Å². The second-order valence-corrected chi connectivity index (χ2v) is 6.69. The molecular formula is C21H21N3O2. The molecule has 4 rings (SSSR count). The Hall–Kier alpha value is -2.95. The van der Waals surface area contributed by atoms with Gasteiger partial charge in [-0.2, -0.15) is 4.98 Å². The zero-order chi connectivity index (χ0) is 17.8. The number of aromatic nitrogens is 2. The van der Waals surface area contributed by atoms with Crippen LogP contribution in [0.15, 0.2) is 65.2 Å². The third-order valence-corrected chi connectivity index (χ3v) is 4.75. The molecule has 132 valence electrons. The van der Waals surface area contributed by atoms with Crippen molar-refractivity contribution in [3.8, 4) is 0 Å². The third-order valence-electron chi connectivity index (χ3n) is 4.75. The Morgan fingerprint density at radius 1 is 0.962 bits per heavy atom. The van der Waals surface area contributed by atoms with E-state index < -0.39 is 0 Å². The molecule has 26 heavy (non-hydrogen) atoms. The summed E-state index contributed by atoms with van der Waals surface area (Å²) >= 11 is 0. The second kappa shape index (κ2) is 7.52. The van der Waals surface area contributed by atoms with Crippen LogP contribution < -0.4 is 0 Å². The van der Waals surface area contributed by atoms with Gasteiger partial charge in [-0.3, -0.25) is 4.79 Å². The maximum absolute atomic E-state index is 12.3. The van der Waals surface area contributed by atoms with E-state index in [9.17, 15) is 4.79 Å². The van der Waals surface area contributed by atoms with Crippen LogP contribution in [0.25, 0.3) is 0 Å². The van der Waals surface area contributed by atoms with Crippen molar-refractivity contribution in [2.75, 3.05) is 6.54 Å². The van der Waals surface area contributed by atoms with Crippen LogP contribution in [0.2, 0.25) is 0 Å². The van der Waals surface area contributed by atoms with E-state index in [4.69, 9.17) is 4.52 Å². The minimum absolute atomic E-state index is 0.0143. The first kappa shape index (κ1) is 16.5. The number of aryl methyl sites for hydroxylation is 2. The molecule has 1 amide bonds. The topological polar surface area (TPSA) is 59.2 Å². The molecule has 2 heterocycles. The summed E-state index contributed by atoms with van der Waals surface area (Å²) in [6.45, 7) is 1.28. The Bertz CT molecular complexity index is 861. The highest BCUT2D eigenvalue weighted by molar-refractivity contribution is 5.79. The van der Waals surface area contributed by atoms with Gasteiger partial charge >= 0.3 is 0 Å². The Kier molecular flexibility index (Phi) is 4.78. The number of hydrogen-bond donors (Lipinski definition) is 0. The van der Waals surface area contributed by atoms with Crippen LogP contribution in [0, 0.1) is 0 Å². The number of likely N-dealkylation sites (tertiary alicyclic amines) is 1. The van der Waals surface area contributed by atoms with E-state index in [1.807, 2.05) is 53.4 Å². The number of rotatable bonds is 6. The number of benzene rings is 2. The highest BCUT2D eigenvalue weighted by Gasteiger charge is 2.33. The van der Waals surface area contributed by atoms with Crippen molar-refractivity contribution in [2.24, 2.45) is 0 Å². The molecule has 1 saturated heterocycles. The molecule has 0 radical (unpaired) electrons. The molecule has 0 spiro atoms.